The van der Waals surface area contributed by atoms with Gasteiger partial charge in [0.2, 0.25) is 0 Å². The van der Waals surface area contributed by atoms with E-state index in [1.165, 1.54) is 156 Å². The molecule has 0 amide bonds. The first kappa shape index (κ1) is 49.0. The summed E-state index contributed by atoms with van der Waals surface area (Å²) in [6.07, 6.45) is 31.5. The highest BCUT2D eigenvalue weighted by Gasteiger charge is 2.23. The van der Waals surface area contributed by atoms with Crippen LogP contribution in [0.2, 0.25) is 0 Å². The van der Waals surface area contributed by atoms with Gasteiger partial charge in [0.1, 0.15) is 11.5 Å². The fraction of sp³-hybridized carbons (Fsp3) is 0.750. The molecule has 0 aliphatic rings. The average molecular weight is 787 g/mol. The van der Waals surface area contributed by atoms with Crippen molar-refractivity contribution in [1.82, 2.24) is 0 Å². The van der Waals surface area contributed by atoms with Gasteiger partial charge in [0.25, 0.3) is 0 Å². The second-order valence-corrected chi connectivity index (χ2v) is 19.2. The highest BCUT2D eigenvalue weighted by Crippen LogP contribution is 2.45. The van der Waals surface area contributed by atoms with Crippen molar-refractivity contribution in [3.05, 3.63) is 57.6 Å². The van der Waals surface area contributed by atoms with Gasteiger partial charge >= 0.3 is 8.60 Å². The van der Waals surface area contributed by atoms with Crippen LogP contribution >= 0.6 is 16.8 Å². The third kappa shape index (κ3) is 20.8. The molecule has 0 radical (unpaired) electrons. The van der Waals surface area contributed by atoms with Crippen molar-refractivity contribution in [2.75, 3.05) is 26.5 Å². The van der Waals surface area contributed by atoms with Crippen LogP contribution in [0, 0.1) is 27.7 Å². The molecule has 2 aromatic rings. The fourth-order valence-corrected chi connectivity index (χ4v) is 9.20. The zero-order chi connectivity index (χ0) is 39.4. The average Bonchev–Trinajstić information content (AvgIpc) is 3.14. The summed E-state index contributed by atoms with van der Waals surface area (Å²) in [5, 5.41) is 0. The predicted octanol–water partition coefficient (Wildman–Crippen LogP) is 17.1. The Balaban J connectivity index is 2.00. The van der Waals surface area contributed by atoms with Crippen LogP contribution in [0.1, 0.15) is 214 Å². The zero-order valence-electron chi connectivity index (χ0n) is 36.8. The van der Waals surface area contributed by atoms with E-state index >= 15 is 0 Å². The Labute approximate surface area is 337 Å². The zero-order valence-corrected chi connectivity index (χ0v) is 38.6. The molecule has 4 nitrogen and oxygen atoms in total. The van der Waals surface area contributed by atoms with Gasteiger partial charge in [-0.2, -0.15) is 0 Å². The van der Waals surface area contributed by atoms with E-state index in [2.05, 4.69) is 86.1 Å². The van der Waals surface area contributed by atoms with Crippen LogP contribution in [0.25, 0.3) is 0 Å². The minimum Gasteiger partial charge on any atom is -0.474 e. The number of hydrogen-bond donors (Lipinski definition) is 0. The molecule has 0 saturated carbocycles. The maximum atomic E-state index is 6.63. The molecule has 0 bridgehead atoms. The molecule has 54 heavy (non-hydrogen) atoms. The summed E-state index contributed by atoms with van der Waals surface area (Å²) in [5.74, 6) is 2.25. The number of rotatable bonds is 34. The lowest BCUT2D eigenvalue weighted by Crippen LogP contribution is -2.08. The van der Waals surface area contributed by atoms with Gasteiger partial charge in [-0.3, -0.25) is 0 Å². The first-order chi connectivity index (χ1) is 26.2. The Hall–Kier alpha value is -1.18. The molecule has 1 unspecified atom stereocenters. The van der Waals surface area contributed by atoms with Crippen LogP contribution < -0.4 is 9.05 Å². The van der Waals surface area contributed by atoms with Crippen LogP contribution in [0.5, 0.6) is 11.5 Å². The van der Waals surface area contributed by atoms with Gasteiger partial charge in [0.15, 0.2) is 0 Å². The summed E-state index contributed by atoms with van der Waals surface area (Å²) in [4.78, 5) is 0. The largest absolute Gasteiger partial charge is 0.474 e. The smallest absolute Gasteiger partial charge is 0.397 e. The highest BCUT2D eigenvalue weighted by atomic mass is 31.2. The van der Waals surface area contributed by atoms with Crippen molar-refractivity contribution in [2.45, 2.75) is 208 Å². The van der Waals surface area contributed by atoms with Crippen LogP contribution in [0.3, 0.4) is 0 Å². The SMILES string of the molecule is CCCCCCCCCCCCCOP(OCCCCCCCCCCCCC)Oc1cc(C)c(C(CCC)c2cc(C)c(OP(C)C)cc2C)cc1C. The molecule has 1 atom stereocenters. The quantitative estimate of drug-likeness (QED) is 0.0523. The Morgan fingerprint density at radius 2 is 0.778 bits per heavy atom. The van der Waals surface area contributed by atoms with Crippen molar-refractivity contribution in [1.29, 1.82) is 0 Å². The van der Waals surface area contributed by atoms with Gasteiger partial charge in [-0.25, -0.2) is 0 Å². The van der Waals surface area contributed by atoms with Crippen molar-refractivity contribution in [2.24, 2.45) is 0 Å². The Morgan fingerprint density at radius 3 is 1.13 bits per heavy atom. The molecule has 310 valence electrons. The van der Waals surface area contributed by atoms with Crippen molar-refractivity contribution < 1.29 is 18.1 Å². The molecule has 0 aromatic heterocycles. The highest BCUT2D eigenvalue weighted by molar-refractivity contribution is 7.51. The summed E-state index contributed by atoms with van der Waals surface area (Å²) < 4.78 is 25.6. The fourth-order valence-electron chi connectivity index (χ4n) is 7.52. The number of hydrogen-bond acceptors (Lipinski definition) is 4. The van der Waals surface area contributed by atoms with E-state index in [1.807, 2.05) is 0 Å². The van der Waals surface area contributed by atoms with E-state index in [0.29, 0.717) is 19.1 Å². The van der Waals surface area contributed by atoms with E-state index in [4.69, 9.17) is 18.1 Å². The summed E-state index contributed by atoms with van der Waals surface area (Å²) in [5.41, 5.74) is 7.73. The van der Waals surface area contributed by atoms with Gasteiger partial charge in [-0.15, -0.1) is 0 Å². The van der Waals surface area contributed by atoms with Gasteiger partial charge in [-0.05, 0) is 106 Å². The monoisotopic (exact) mass is 787 g/mol. The maximum absolute atomic E-state index is 6.63. The minimum absolute atomic E-state index is 0.330. The molecule has 0 aliphatic carbocycles. The minimum atomic E-state index is -1.45. The molecule has 0 aliphatic heterocycles. The molecule has 2 rings (SSSR count). The first-order valence-corrected chi connectivity index (χ1v) is 25.8. The molecule has 0 fully saturated rings. The van der Waals surface area contributed by atoms with Gasteiger partial charge in [-0.1, -0.05) is 168 Å². The molecule has 0 heterocycles. The lowest BCUT2D eigenvalue weighted by atomic mass is 9.82. The molecule has 0 spiro atoms. The Morgan fingerprint density at radius 1 is 0.426 bits per heavy atom. The number of aryl methyl sites for hydroxylation is 4. The number of unbranched alkanes of at least 4 members (excludes halogenated alkanes) is 20. The second kappa shape index (κ2) is 30.9. The van der Waals surface area contributed by atoms with Crippen LogP contribution in [-0.2, 0) is 9.05 Å². The van der Waals surface area contributed by atoms with Crippen molar-refractivity contribution >= 4 is 16.8 Å². The van der Waals surface area contributed by atoms with Crippen molar-refractivity contribution in [3.63, 3.8) is 0 Å². The third-order valence-corrected chi connectivity index (χ3v) is 12.5. The van der Waals surface area contributed by atoms with E-state index in [0.717, 1.165) is 42.7 Å². The summed E-state index contributed by atoms with van der Waals surface area (Å²) in [6.45, 7) is 21.4. The summed E-state index contributed by atoms with van der Waals surface area (Å²) >= 11 is 0. The first-order valence-electron chi connectivity index (χ1n) is 22.5. The lowest BCUT2D eigenvalue weighted by molar-refractivity contribution is 0.198. The predicted molar refractivity (Wildman–Crippen MR) is 240 cm³/mol. The van der Waals surface area contributed by atoms with Gasteiger partial charge in [0.05, 0.1) is 21.4 Å². The van der Waals surface area contributed by atoms with Gasteiger partial charge in [0, 0.05) is 5.92 Å². The number of benzene rings is 2. The summed E-state index contributed by atoms with van der Waals surface area (Å²) in [6, 6.07) is 9.22. The van der Waals surface area contributed by atoms with Crippen LogP contribution in [0.4, 0.5) is 0 Å². The topological polar surface area (TPSA) is 36.9 Å². The normalized spacial score (nSPS) is 12.3. The van der Waals surface area contributed by atoms with E-state index in [-0.39, 0.29) is 0 Å². The Kier molecular flexibility index (Phi) is 28.0. The van der Waals surface area contributed by atoms with Crippen LogP contribution in [-0.4, -0.2) is 26.5 Å². The maximum Gasteiger partial charge on any atom is 0.397 e. The lowest BCUT2D eigenvalue weighted by Gasteiger charge is -2.25. The van der Waals surface area contributed by atoms with Crippen LogP contribution in [0.15, 0.2) is 24.3 Å². The standard InChI is InChI=1S/C48H84O4P2/c1-10-13-15-17-19-21-23-25-27-29-31-34-49-54(50-35-32-30-28-26-24-22-20-18-16-14-11-2)52-48-39-41(5)46(37-43(48)7)44(33-12-3)45-36-42(6)47(38-40(45)4)51-53(8)9/h36-39,44H,10-35H2,1-9H3. The third-order valence-electron chi connectivity index (χ3n) is 10.8. The Bertz CT molecular complexity index is 1200. The molecule has 0 N–H and O–H groups in total. The van der Waals surface area contributed by atoms with E-state index in [1.54, 1.807) is 0 Å². The van der Waals surface area contributed by atoms with E-state index < -0.39 is 16.8 Å². The molecule has 6 heteroatoms. The second-order valence-electron chi connectivity index (χ2n) is 16.2. The van der Waals surface area contributed by atoms with Crippen molar-refractivity contribution in [3.8, 4) is 11.5 Å². The molecular weight excluding hydrogens is 702 g/mol. The van der Waals surface area contributed by atoms with E-state index in [9.17, 15) is 0 Å². The van der Waals surface area contributed by atoms with Gasteiger partial charge < -0.3 is 18.1 Å². The molecular formula is C48H84O4P2. The summed E-state index contributed by atoms with van der Waals surface area (Å²) in [7, 11) is -1.91. The molecule has 0 saturated heterocycles. The molecule has 2 aromatic carbocycles.